The first kappa shape index (κ1) is 15.5. The van der Waals surface area contributed by atoms with Crippen molar-refractivity contribution in [3.63, 3.8) is 0 Å². The summed E-state index contributed by atoms with van der Waals surface area (Å²) in [5.74, 6) is -0.590. The topological polar surface area (TPSA) is 34.1 Å². The molecule has 0 aromatic heterocycles. The van der Waals surface area contributed by atoms with Crippen molar-refractivity contribution in [3.8, 4) is 0 Å². The highest BCUT2D eigenvalue weighted by molar-refractivity contribution is 8.14. The normalized spacial score (nSPS) is 27.0. The number of hydrogen-bond donors (Lipinski definition) is 0. The highest BCUT2D eigenvalue weighted by atomic mass is 32.2. The van der Waals surface area contributed by atoms with Crippen LogP contribution in [0.3, 0.4) is 0 Å². The maximum absolute atomic E-state index is 13.4. The lowest BCUT2D eigenvalue weighted by Crippen LogP contribution is -2.32. The van der Waals surface area contributed by atoms with Crippen molar-refractivity contribution in [3.05, 3.63) is 71.3 Å². The first-order valence-corrected chi connectivity index (χ1v) is 8.64. The fraction of sp³-hybridized carbons (Fsp3) is 0.263. The molecule has 0 bridgehead atoms. The van der Waals surface area contributed by atoms with Crippen molar-refractivity contribution < 1.29 is 18.4 Å². The Balaban J connectivity index is 1.99. The van der Waals surface area contributed by atoms with E-state index in [1.807, 2.05) is 0 Å². The Kier molecular flexibility index (Phi) is 3.23. The van der Waals surface area contributed by atoms with Gasteiger partial charge in [-0.3, -0.25) is 9.59 Å². The Labute approximate surface area is 142 Å². The Morgan fingerprint density at radius 2 is 1.46 bits per heavy atom. The van der Waals surface area contributed by atoms with Gasteiger partial charge >= 0.3 is 0 Å². The number of thioether (sulfide) groups is 1. The molecule has 2 aromatic rings. The summed E-state index contributed by atoms with van der Waals surface area (Å²) in [6.07, 6.45) is 0. The lowest BCUT2D eigenvalue weighted by Gasteiger charge is -2.25. The summed E-state index contributed by atoms with van der Waals surface area (Å²) in [6, 6.07) is 11.8. The zero-order valence-corrected chi connectivity index (χ0v) is 13.7. The third-order valence-corrected chi connectivity index (χ3v) is 6.53. The van der Waals surface area contributed by atoms with Crippen LogP contribution in [0.15, 0.2) is 48.5 Å². The minimum atomic E-state index is -1.13. The average molecular weight is 344 g/mol. The summed E-state index contributed by atoms with van der Waals surface area (Å²) in [7, 11) is 0. The van der Waals surface area contributed by atoms with E-state index in [-0.39, 0.29) is 28.5 Å². The van der Waals surface area contributed by atoms with Crippen LogP contribution < -0.4 is 0 Å². The van der Waals surface area contributed by atoms with Crippen molar-refractivity contribution in [2.45, 2.75) is 12.3 Å². The second-order valence-electron chi connectivity index (χ2n) is 6.34. The molecule has 2 aliphatic rings. The SMILES string of the molecule is CC(=O)C12C(=O)SCC1C2(c1ccc(F)cc1)c1ccc(F)cc1. The Bertz CT molecular complexity index is 799. The molecule has 1 saturated carbocycles. The molecule has 2 nitrogen and oxygen atoms in total. The number of benzene rings is 2. The molecule has 2 unspecified atom stereocenters. The van der Waals surface area contributed by atoms with Crippen LogP contribution >= 0.6 is 11.8 Å². The fourth-order valence-corrected chi connectivity index (χ4v) is 5.99. The molecular formula is C19H14F2O2S. The first-order valence-electron chi connectivity index (χ1n) is 7.66. The number of halogens is 2. The Morgan fingerprint density at radius 3 is 1.83 bits per heavy atom. The Hall–Kier alpha value is -2.01. The highest BCUT2D eigenvalue weighted by Crippen LogP contribution is 2.78. The van der Waals surface area contributed by atoms with Gasteiger partial charge in [0.2, 0.25) is 5.12 Å². The molecule has 0 radical (unpaired) electrons. The van der Waals surface area contributed by atoms with Gasteiger partial charge in [-0.05, 0) is 42.3 Å². The molecule has 2 fully saturated rings. The maximum Gasteiger partial charge on any atom is 0.204 e. The van der Waals surface area contributed by atoms with Gasteiger partial charge < -0.3 is 0 Å². The number of ketones is 1. The number of carbonyl (C=O) groups is 2. The maximum atomic E-state index is 13.4. The van der Waals surface area contributed by atoms with E-state index >= 15 is 0 Å². The number of hydrogen-bond acceptors (Lipinski definition) is 3. The van der Waals surface area contributed by atoms with Crippen LogP contribution in [0.5, 0.6) is 0 Å². The number of Topliss-reactive ketones (excluding diaryl/α,β-unsaturated/α-hetero) is 1. The molecule has 5 heteroatoms. The predicted octanol–water partition coefficient (Wildman–Crippen LogP) is 3.73. The van der Waals surface area contributed by atoms with Gasteiger partial charge in [0.05, 0.1) is 0 Å². The van der Waals surface area contributed by atoms with E-state index in [1.54, 1.807) is 24.3 Å². The van der Waals surface area contributed by atoms with Crippen molar-refractivity contribution >= 4 is 22.7 Å². The van der Waals surface area contributed by atoms with Crippen molar-refractivity contribution in [2.75, 3.05) is 5.75 Å². The van der Waals surface area contributed by atoms with Gasteiger partial charge in [0.1, 0.15) is 22.8 Å². The molecule has 1 aliphatic carbocycles. The van der Waals surface area contributed by atoms with Crippen LogP contribution in [-0.4, -0.2) is 16.7 Å². The molecule has 122 valence electrons. The highest BCUT2D eigenvalue weighted by Gasteiger charge is 2.86. The summed E-state index contributed by atoms with van der Waals surface area (Å²) in [5.41, 5.74) is -0.510. The van der Waals surface area contributed by atoms with Crippen LogP contribution in [0.2, 0.25) is 0 Å². The standard InChI is InChI=1S/C19H14F2O2S/c1-11(22)18-16(10-24-17(18)23)19(18,12-2-6-14(20)7-3-12)13-4-8-15(21)9-5-13/h2-9,16H,10H2,1H3. The van der Waals surface area contributed by atoms with E-state index in [4.69, 9.17) is 0 Å². The fourth-order valence-electron chi connectivity index (χ4n) is 4.49. The van der Waals surface area contributed by atoms with Crippen LogP contribution in [0.1, 0.15) is 18.1 Å². The van der Waals surface area contributed by atoms with Gasteiger partial charge in [-0.15, -0.1) is 0 Å². The van der Waals surface area contributed by atoms with Crippen LogP contribution in [0, 0.1) is 23.0 Å². The number of rotatable bonds is 3. The van der Waals surface area contributed by atoms with E-state index in [9.17, 15) is 18.4 Å². The average Bonchev–Trinajstić information content (AvgIpc) is 3.04. The third kappa shape index (κ3) is 1.66. The quantitative estimate of drug-likeness (QED) is 0.796. The first-order chi connectivity index (χ1) is 11.5. The zero-order chi connectivity index (χ0) is 17.1. The van der Waals surface area contributed by atoms with E-state index in [0.29, 0.717) is 5.75 Å². The largest absolute Gasteiger partial charge is 0.299 e. The van der Waals surface area contributed by atoms with Crippen molar-refractivity contribution in [2.24, 2.45) is 11.3 Å². The van der Waals surface area contributed by atoms with E-state index in [2.05, 4.69) is 0 Å². The lowest BCUT2D eigenvalue weighted by atomic mass is 9.79. The molecule has 1 heterocycles. The molecule has 24 heavy (non-hydrogen) atoms. The van der Waals surface area contributed by atoms with E-state index in [1.165, 1.54) is 43.0 Å². The molecule has 0 amide bonds. The van der Waals surface area contributed by atoms with Gasteiger partial charge in [0.15, 0.2) is 0 Å². The lowest BCUT2D eigenvalue weighted by molar-refractivity contribution is -0.129. The van der Waals surface area contributed by atoms with E-state index < -0.39 is 10.8 Å². The minimum Gasteiger partial charge on any atom is -0.299 e. The predicted molar refractivity (Wildman–Crippen MR) is 87.6 cm³/mol. The molecule has 1 aliphatic heterocycles. The van der Waals surface area contributed by atoms with Gasteiger partial charge in [0.25, 0.3) is 0 Å². The molecule has 4 rings (SSSR count). The van der Waals surface area contributed by atoms with Crippen LogP contribution in [0.25, 0.3) is 0 Å². The van der Waals surface area contributed by atoms with Crippen LogP contribution in [-0.2, 0) is 15.0 Å². The zero-order valence-electron chi connectivity index (χ0n) is 12.9. The van der Waals surface area contributed by atoms with Crippen molar-refractivity contribution in [1.29, 1.82) is 0 Å². The van der Waals surface area contributed by atoms with E-state index in [0.717, 1.165) is 11.1 Å². The van der Waals surface area contributed by atoms with Crippen LogP contribution in [0.4, 0.5) is 8.78 Å². The minimum absolute atomic E-state index is 0.145. The molecule has 0 spiro atoms. The molecule has 1 saturated heterocycles. The van der Waals surface area contributed by atoms with Gasteiger partial charge in [-0.1, -0.05) is 36.0 Å². The summed E-state index contributed by atoms with van der Waals surface area (Å²) < 4.78 is 26.8. The summed E-state index contributed by atoms with van der Waals surface area (Å²) in [6.45, 7) is 1.44. The second-order valence-corrected chi connectivity index (χ2v) is 7.33. The third-order valence-electron chi connectivity index (χ3n) is 5.44. The summed E-state index contributed by atoms with van der Waals surface area (Å²) >= 11 is 1.17. The van der Waals surface area contributed by atoms with Gasteiger partial charge in [-0.2, -0.15) is 0 Å². The molecule has 2 atom stereocenters. The molecule has 2 aromatic carbocycles. The summed E-state index contributed by atoms with van der Waals surface area (Å²) in [4.78, 5) is 25.2. The van der Waals surface area contributed by atoms with Gasteiger partial charge in [-0.25, -0.2) is 8.78 Å². The van der Waals surface area contributed by atoms with Crippen molar-refractivity contribution in [1.82, 2.24) is 0 Å². The monoisotopic (exact) mass is 344 g/mol. The summed E-state index contributed by atoms with van der Waals surface area (Å²) in [5, 5.41) is -0.145. The smallest absolute Gasteiger partial charge is 0.204 e. The second kappa shape index (κ2) is 4.99. The van der Waals surface area contributed by atoms with Gasteiger partial charge in [0, 0.05) is 17.1 Å². The molecular weight excluding hydrogens is 330 g/mol. The number of carbonyl (C=O) groups excluding carboxylic acids is 2. The molecule has 0 N–H and O–H groups in total. The number of fused-ring (bicyclic) bond motifs is 1. The Morgan fingerprint density at radius 1 is 1.00 bits per heavy atom.